The molecule has 0 saturated carbocycles. The highest BCUT2D eigenvalue weighted by molar-refractivity contribution is 6.44. The van der Waals surface area contributed by atoms with Crippen molar-refractivity contribution in [1.82, 2.24) is 19.7 Å². The topological polar surface area (TPSA) is 112 Å². The summed E-state index contributed by atoms with van der Waals surface area (Å²) in [5, 5.41) is 11.7. The fourth-order valence-corrected chi connectivity index (χ4v) is 5.98. The van der Waals surface area contributed by atoms with E-state index in [1.165, 1.54) is 0 Å². The van der Waals surface area contributed by atoms with Gasteiger partial charge < -0.3 is 15.2 Å². The molecule has 1 saturated heterocycles. The van der Waals surface area contributed by atoms with Gasteiger partial charge in [0, 0.05) is 47.4 Å². The summed E-state index contributed by atoms with van der Waals surface area (Å²) >= 11 is 0. The Morgan fingerprint density at radius 1 is 0.913 bits per heavy atom. The first-order valence-electron chi connectivity index (χ1n) is 15.8. The molecule has 1 aliphatic rings. The predicted octanol–water partition coefficient (Wildman–Crippen LogP) is 7.27. The van der Waals surface area contributed by atoms with Gasteiger partial charge in [-0.25, -0.2) is 9.48 Å². The number of para-hydroxylation sites is 2. The SMILES string of the molecule is Cc1ccc(-n2nc(C(C)(C)C)cc2NC(=O)Nc2ccccc2CC2CCN(C(=O)C(=O)c3c[nH]c4ccccc34)CC2)cc1. The molecule has 1 fully saturated rings. The molecule has 1 aliphatic heterocycles. The second-order valence-electron chi connectivity index (χ2n) is 13.2. The van der Waals surface area contributed by atoms with E-state index in [1.807, 2.05) is 85.8 Å². The van der Waals surface area contributed by atoms with E-state index < -0.39 is 11.7 Å². The summed E-state index contributed by atoms with van der Waals surface area (Å²) in [5.74, 6) is -0.0326. The van der Waals surface area contributed by atoms with Crippen LogP contribution < -0.4 is 10.6 Å². The highest BCUT2D eigenvalue weighted by Crippen LogP contribution is 2.29. The zero-order valence-electron chi connectivity index (χ0n) is 26.8. The summed E-state index contributed by atoms with van der Waals surface area (Å²) in [4.78, 5) is 44.3. The number of aromatic amines is 1. The number of nitrogens with one attached hydrogen (secondary N) is 3. The number of carbonyl (C=O) groups excluding carboxylic acids is 3. The van der Waals surface area contributed by atoms with Gasteiger partial charge in [0.15, 0.2) is 0 Å². The van der Waals surface area contributed by atoms with E-state index in [4.69, 9.17) is 5.10 Å². The third-order valence-electron chi connectivity index (χ3n) is 8.70. The number of piperidine rings is 1. The normalized spacial score (nSPS) is 14.0. The van der Waals surface area contributed by atoms with Gasteiger partial charge in [0.05, 0.1) is 16.9 Å². The first kappa shape index (κ1) is 30.8. The Morgan fingerprint density at radius 2 is 1.61 bits per heavy atom. The van der Waals surface area contributed by atoms with Gasteiger partial charge in [-0.15, -0.1) is 0 Å². The smallest absolute Gasteiger partial charge is 0.324 e. The maximum atomic E-state index is 13.3. The van der Waals surface area contributed by atoms with Crippen molar-refractivity contribution in [3.05, 3.63) is 107 Å². The Balaban J connectivity index is 1.09. The van der Waals surface area contributed by atoms with Gasteiger partial charge in [0.2, 0.25) is 0 Å². The van der Waals surface area contributed by atoms with Gasteiger partial charge in [-0.3, -0.25) is 14.9 Å². The van der Waals surface area contributed by atoms with Crippen LogP contribution in [0.25, 0.3) is 16.6 Å². The molecule has 0 radical (unpaired) electrons. The molecule has 0 spiro atoms. The summed E-state index contributed by atoms with van der Waals surface area (Å²) in [7, 11) is 0. The van der Waals surface area contributed by atoms with Crippen LogP contribution in [0.4, 0.5) is 16.3 Å². The number of rotatable bonds is 7. The maximum Gasteiger partial charge on any atom is 0.324 e. The first-order chi connectivity index (χ1) is 22.1. The lowest BCUT2D eigenvalue weighted by Crippen LogP contribution is -2.42. The number of H-pyrrole nitrogens is 1. The van der Waals surface area contributed by atoms with Crippen molar-refractivity contribution in [2.45, 2.75) is 52.4 Å². The van der Waals surface area contributed by atoms with Crippen molar-refractivity contribution in [3.63, 3.8) is 0 Å². The number of benzene rings is 3. The fraction of sp³-hybridized carbons (Fsp3) is 0.297. The van der Waals surface area contributed by atoms with E-state index in [0.29, 0.717) is 30.4 Å². The molecular weight excluding hydrogens is 576 g/mol. The molecule has 46 heavy (non-hydrogen) atoms. The number of anilines is 2. The summed E-state index contributed by atoms with van der Waals surface area (Å²) in [6.45, 7) is 9.36. The second-order valence-corrected chi connectivity index (χ2v) is 13.2. The van der Waals surface area contributed by atoms with Crippen molar-refractivity contribution < 1.29 is 14.4 Å². The van der Waals surface area contributed by atoms with E-state index >= 15 is 0 Å². The van der Waals surface area contributed by atoms with E-state index in [0.717, 1.165) is 58.4 Å². The lowest BCUT2D eigenvalue weighted by molar-refractivity contribution is -0.127. The second kappa shape index (κ2) is 12.7. The zero-order chi connectivity index (χ0) is 32.4. The van der Waals surface area contributed by atoms with Crippen LogP contribution in [0, 0.1) is 12.8 Å². The number of hydrogen-bond acceptors (Lipinski definition) is 4. The predicted molar refractivity (Wildman–Crippen MR) is 182 cm³/mol. The molecule has 6 rings (SSSR count). The highest BCUT2D eigenvalue weighted by atomic mass is 16.2. The summed E-state index contributed by atoms with van der Waals surface area (Å²) < 4.78 is 1.77. The molecule has 9 nitrogen and oxygen atoms in total. The standard InChI is InChI=1S/C37H40N6O3/c1-24-13-15-27(16-14-24)43-33(22-32(41-43)37(2,3)4)40-36(46)39-30-11-7-5-9-26(30)21-25-17-19-42(20-18-25)35(45)34(44)29-23-38-31-12-8-6-10-28(29)31/h5-16,22-23,25,38H,17-21H2,1-4H3,(H2,39,40,46). The minimum absolute atomic E-state index is 0.195. The van der Waals surface area contributed by atoms with Gasteiger partial charge in [-0.2, -0.15) is 5.10 Å². The van der Waals surface area contributed by atoms with Crippen LogP contribution in [0.2, 0.25) is 0 Å². The number of aryl methyl sites for hydroxylation is 1. The van der Waals surface area contributed by atoms with Gasteiger partial charge in [0.25, 0.3) is 11.7 Å². The number of Topliss-reactive ketones (excluding diaryl/α,β-unsaturated/α-hetero) is 1. The van der Waals surface area contributed by atoms with Crippen LogP contribution in [0.3, 0.4) is 0 Å². The largest absolute Gasteiger partial charge is 0.360 e. The summed E-state index contributed by atoms with van der Waals surface area (Å²) in [6, 6.07) is 24.9. The molecule has 5 aromatic rings. The number of nitrogens with zero attached hydrogens (tertiary/aromatic N) is 3. The highest BCUT2D eigenvalue weighted by Gasteiger charge is 2.29. The number of fused-ring (bicyclic) bond motifs is 1. The fourth-order valence-electron chi connectivity index (χ4n) is 5.98. The number of aromatic nitrogens is 3. The number of amides is 3. The van der Waals surface area contributed by atoms with Crippen molar-refractivity contribution >= 4 is 40.1 Å². The minimum atomic E-state index is -0.477. The third kappa shape index (κ3) is 6.59. The van der Waals surface area contributed by atoms with Crippen molar-refractivity contribution in [2.75, 3.05) is 23.7 Å². The minimum Gasteiger partial charge on any atom is -0.360 e. The molecular formula is C37H40N6O3. The Labute approximate surface area is 269 Å². The average Bonchev–Trinajstić information content (AvgIpc) is 3.67. The number of hydrogen-bond donors (Lipinski definition) is 3. The Morgan fingerprint density at radius 3 is 2.35 bits per heavy atom. The first-order valence-corrected chi connectivity index (χ1v) is 15.8. The summed E-state index contributed by atoms with van der Waals surface area (Å²) in [5.41, 5.74) is 5.71. The Kier molecular flexibility index (Phi) is 8.49. The molecule has 3 amide bonds. The van der Waals surface area contributed by atoms with Crippen LogP contribution in [0.15, 0.2) is 85.1 Å². The molecule has 9 heteroatoms. The van der Waals surface area contributed by atoms with Crippen LogP contribution in [0.5, 0.6) is 0 Å². The Hall–Kier alpha value is -5.18. The van der Waals surface area contributed by atoms with Crippen LogP contribution in [0.1, 0.15) is 60.8 Å². The molecule has 3 heterocycles. The average molecular weight is 617 g/mol. The van der Waals surface area contributed by atoms with Crippen LogP contribution in [-0.2, 0) is 16.6 Å². The van der Waals surface area contributed by atoms with Gasteiger partial charge in [0.1, 0.15) is 5.82 Å². The Bertz CT molecular complexity index is 1890. The lowest BCUT2D eigenvalue weighted by atomic mass is 9.89. The monoisotopic (exact) mass is 616 g/mol. The van der Waals surface area contributed by atoms with E-state index in [1.54, 1.807) is 15.8 Å². The molecule has 0 unspecified atom stereocenters. The molecule has 0 aliphatic carbocycles. The van der Waals surface area contributed by atoms with Gasteiger partial charge >= 0.3 is 6.03 Å². The third-order valence-corrected chi connectivity index (χ3v) is 8.70. The molecule has 3 aromatic carbocycles. The molecule has 0 bridgehead atoms. The quantitative estimate of drug-likeness (QED) is 0.132. The number of likely N-dealkylation sites (tertiary alicyclic amines) is 1. The van der Waals surface area contributed by atoms with Crippen LogP contribution in [-0.4, -0.2) is 50.5 Å². The van der Waals surface area contributed by atoms with Gasteiger partial charge in [-0.1, -0.05) is 74.9 Å². The van der Waals surface area contributed by atoms with Crippen molar-refractivity contribution in [3.8, 4) is 5.69 Å². The number of urea groups is 1. The molecule has 0 atom stereocenters. The van der Waals surface area contributed by atoms with Crippen LogP contribution >= 0.6 is 0 Å². The van der Waals surface area contributed by atoms with E-state index in [2.05, 4.69) is 36.4 Å². The molecule has 236 valence electrons. The van der Waals surface area contributed by atoms with E-state index in [-0.39, 0.29) is 11.4 Å². The van der Waals surface area contributed by atoms with Crippen molar-refractivity contribution in [1.29, 1.82) is 0 Å². The summed E-state index contributed by atoms with van der Waals surface area (Å²) in [6.07, 6.45) is 3.93. The number of carbonyl (C=O) groups is 3. The van der Waals surface area contributed by atoms with Crippen molar-refractivity contribution in [2.24, 2.45) is 5.92 Å². The molecule has 3 N–H and O–H groups in total. The maximum absolute atomic E-state index is 13.3. The number of ketones is 1. The zero-order valence-corrected chi connectivity index (χ0v) is 26.8. The van der Waals surface area contributed by atoms with Gasteiger partial charge in [-0.05, 0) is 61.9 Å². The molecule has 2 aromatic heterocycles. The lowest BCUT2D eigenvalue weighted by Gasteiger charge is -2.32. The van der Waals surface area contributed by atoms with E-state index in [9.17, 15) is 14.4 Å².